The molecule has 4 nitrogen and oxygen atoms in total. The second kappa shape index (κ2) is 5.97. The predicted molar refractivity (Wildman–Crippen MR) is 73.1 cm³/mol. The summed E-state index contributed by atoms with van der Waals surface area (Å²) in [5, 5.41) is 2.43. The summed E-state index contributed by atoms with van der Waals surface area (Å²) in [6.45, 7) is 4.37. The van der Waals surface area contributed by atoms with Gasteiger partial charge in [0.2, 0.25) is 0 Å². The number of carbonyl (C=O) groups excluding carboxylic acids is 1. The monoisotopic (exact) mass is 246 g/mol. The van der Waals surface area contributed by atoms with E-state index in [-0.39, 0.29) is 0 Å². The molecule has 0 saturated heterocycles. The molecule has 1 aromatic carbocycles. The van der Waals surface area contributed by atoms with Gasteiger partial charge in [-0.3, -0.25) is 0 Å². The average molecular weight is 246 g/mol. The Balaban J connectivity index is 3.21. The molecule has 0 atom stereocenters. The van der Waals surface area contributed by atoms with Gasteiger partial charge in [0.15, 0.2) is 5.75 Å². The summed E-state index contributed by atoms with van der Waals surface area (Å²) in [6.07, 6.45) is 4.82. The lowest BCUT2D eigenvalue weighted by Gasteiger charge is -2.22. The van der Waals surface area contributed by atoms with Gasteiger partial charge in [-0.2, -0.15) is 0 Å². The number of terminal acetylenes is 1. The Bertz CT molecular complexity index is 489. The van der Waals surface area contributed by atoms with Crippen LogP contribution in [0.1, 0.15) is 11.1 Å². The van der Waals surface area contributed by atoms with Crippen LogP contribution in [0.25, 0.3) is 0 Å². The van der Waals surface area contributed by atoms with E-state index >= 15 is 0 Å². The third kappa shape index (κ3) is 3.17. The van der Waals surface area contributed by atoms with Crippen LogP contribution in [0, 0.1) is 26.2 Å². The lowest BCUT2D eigenvalue weighted by molar-refractivity contribution is 0.203. The molecular weight excluding hydrogens is 228 g/mol. The number of benzene rings is 1. The van der Waals surface area contributed by atoms with E-state index in [1.54, 1.807) is 0 Å². The molecule has 1 aromatic rings. The van der Waals surface area contributed by atoms with Crippen molar-refractivity contribution in [2.45, 2.75) is 13.8 Å². The number of rotatable bonds is 3. The van der Waals surface area contributed by atoms with Crippen LogP contribution < -0.4 is 15.0 Å². The second-order valence-electron chi connectivity index (χ2n) is 4.13. The van der Waals surface area contributed by atoms with E-state index in [4.69, 9.17) is 11.2 Å². The molecule has 1 rings (SSSR count). The number of nitrogens with zero attached hydrogens (tertiary/aromatic N) is 1. The van der Waals surface area contributed by atoms with Crippen molar-refractivity contribution >= 4 is 11.8 Å². The summed E-state index contributed by atoms with van der Waals surface area (Å²) in [5.74, 6) is 3.09. The van der Waals surface area contributed by atoms with Gasteiger partial charge in [0.05, 0.1) is 12.2 Å². The Labute approximate surface area is 108 Å². The van der Waals surface area contributed by atoms with Crippen LogP contribution in [0.15, 0.2) is 12.1 Å². The predicted octanol–water partition coefficient (Wildman–Crippen LogP) is 2.09. The van der Waals surface area contributed by atoms with Crippen molar-refractivity contribution in [2.24, 2.45) is 0 Å². The highest BCUT2D eigenvalue weighted by molar-refractivity contribution is 5.75. The van der Waals surface area contributed by atoms with E-state index in [1.165, 1.54) is 7.05 Å². The van der Waals surface area contributed by atoms with Gasteiger partial charge in [0.1, 0.15) is 0 Å². The maximum atomic E-state index is 11.3. The Morgan fingerprint density at radius 2 is 2.17 bits per heavy atom. The van der Waals surface area contributed by atoms with Gasteiger partial charge >= 0.3 is 6.09 Å². The fourth-order valence-electron chi connectivity index (χ4n) is 1.85. The molecule has 96 valence electrons. The Hall–Kier alpha value is -2.15. The molecule has 0 unspecified atom stereocenters. The summed E-state index contributed by atoms with van der Waals surface area (Å²) in [6, 6.07) is 3.85. The van der Waals surface area contributed by atoms with Gasteiger partial charge in [0.25, 0.3) is 0 Å². The van der Waals surface area contributed by atoms with Crippen LogP contribution in [0.2, 0.25) is 0 Å². The molecule has 1 amide bonds. The molecule has 0 aliphatic rings. The molecule has 0 saturated carbocycles. The Kier molecular flexibility index (Phi) is 4.61. The maximum Gasteiger partial charge on any atom is 0.412 e. The summed E-state index contributed by atoms with van der Waals surface area (Å²) in [4.78, 5) is 13.2. The molecule has 0 aromatic heterocycles. The van der Waals surface area contributed by atoms with Crippen molar-refractivity contribution in [3.8, 4) is 18.1 Å². The first-order valence-corrected chi connectivity index (χ1v) is 5.65. The first kappa shape index (κ1) is 13.9. The largest absolute Gasteiger partial charge is 0.412 e. The van der Waals surface area contributed by atoms with Crippen molar-refractivity contribution in [1.82, 2.24) is 5.32 Å². The van der Waals surface area contributed by atoms with Crippen LogP contribution in [-0.2, 0) is 0 Å². The average Bonchev–Trinajstić information content (AvgIpc) is 2.28. The zero-order valence-corrected chi connectivity index (χ0v) is 11.2. The number of ether oxygens (including phenoxy) is 1. The molecule has 1 N–H and O–H groups in total. The van der Waals surface area contributed by atoms with Gasteiger partial charge in [-0.05, 0) is 31.0 Å². The third-order valence-electron chi connectivity index (χ3n) is 2.53. The summed E-state index contributed by atoms with van der Waals surface area (Å²) < 4.78 is 5.26. The van der Waals surface area contributed by atoms with Gasteiger partial charge in [0, 0.05) is 14.1 Å². The minimum absolute atomic E-state index is 0.452. The zero-order valence-electron chi connectivity index (χ0n) is 11.2. The van der Waals surface area contributed by atoms with E-state index in [0.717, 1.165) is 16.8 Å². The standard InChI is InChI=1S/C14H18N2O2/c1-6-7-16(5)13-11(3)8-10(2)9-12(13)18-14(17)15-4/h1,8-9H,7H2,2-5H3,(H,15,17). The van der Waals surface area contributed by atoms with E-state index in [2.05, 4.69) is 11.2 Å². The second-order valence-corrected chi connectivity index (χ2v) is 4.13. The minimum atomic E-state index is -0.490. The number of amides is 1. The van der Waals surface area contributed by atoms with Crippen molar-refractivity contribution in [3.63, 3.8) is 0 Å². The zero-order chi connectivity index (χ0) is 13.7. The highest BCUT2D eigenvalue weighted by Crippen LogP contribution is 2.32. The van der Waals surface area contributed by atoms with Crippen LogP contribution in [-0.4, -0.2) is 26.7 Å². The van der Waals surface area contributed by atoms with E-state index < -0.39 is 6.09 Å². The molecule has 0 fully saturated rings. The van der Waals surface area contributed by atoms with Crippen LogP contribution in [0.3, 0.4) is 0 Å². The molecule has 0 bridgehead atoms. The number of hydrogen-bond donors (Lipinski definition) is 1. The normalized spacial score (nSPS) is 9.50. The molecule has 0 spiro atoms. The maximum absolute atomic E-state index is 11.3. The first-order chi connectivity index (χ1) is 8.49. The Morgan fingerprint density at radius 3 is 2.72 bits per heavy atom. The molecule has 0 heterocycles. The van der Waals surface area contributed by atoms with Gasteiger partial charge in [-0.1, -0.05) is 12.0 Å². The number of nitrogens with one attached hydrogen (secondary N) is 1. The fraction of sp³-hybridized carbons (Fsp3) is 0.357. The number of carbonyl (C=O) groups is 1. The molecule has 0 aliphatic carbocycles. The van der Waals surface area contributed by atoms with Crippen LogP contribution >= 0.6 is 0 Å². The summed E-state index contributed by atoms with van der Waals surface area (Å²) >= 11 is 0. The Morgan fingerprint density at radius 1 is 1.50 bits per heavy atom. The van der Waals surface area contributed by atoms with E-state index in [9.17, 15) is 4.79 Å². The topological polar surface area (TPSA) is 41.6 Å². The number of hydrogen-bond acceptors (Lipinski definition) is 3. The van der Waals surface area contributed by atoms with Crippen molar-refractivity contribution in [1.29, 1.82) is 0 Å². The summed E-state index contributed by atoms with van der Waals surface area (Å²) in [5.41, 5.74) is 2.89. The van der Waals surface area contributed by atoms with Crippen LogP contribution in [0.4, 0.5) is 10.5 Å². The first-order valence-electron chi connectivity index (χ1n) is 5.65. The van der Waals surface area contributed by atoms with Crippen LogP contribution in [0.5, 0.6) is 5.75 Å². The smallest absolute Gasteiger partial charge is 0.408 e. The molecule has 0 aliphatic heterocycles. The van der Waals surface area contributed by atoms with Gasteiger partial charge in [-0.15, -0.1) is 6.42 Å². The minimum Gasteiger partial charge on any atom is -0.408 e. The summed E-state index contributed by atoms with van der Waals surface area (Å²) in [7, 11) is 3.39. The third-order valence-corrected chi connectivity index (χ3v) is 2.53. The molecule has 18 heavy (non-hydrogen) atoms. The number of aryl methyl sites for hydroxylation is 2. The highest BCUT2D eigenvalue weighted by atomic mass is 16.6. The molecule has 0 radical (unpaired) electrons. The van der Waals surface area contributed by atoms with Gasteiger partial charge < -0.3 is 15.0 Å². The highest BCUT2D eigenvalue weighted by Gasteiger charge is 2.14. The lowest BCUT2D eigenvalue weighted by Crippen LogP contribution is -2.25. The SMILES string of the molecule is C#CCN(C)c1c(C)cc(C)cc1OC(=O)NC. The quantitative estimate of drug-likeness (QED) is 0.830. The van der Waals surface area contributed by atoms with Crippen molar-refractivity contribution < 1.29 is 9.53 Å². The van der Waals surface area contributed by atoms with E-state index in [1.807, 2.05) is 37.9 Å². The van der Waals surface area contributed by atoms with E-state index in [0.29, 0.717) is 12.3 Å². The fourth-order valence-corrected chi connectivity index (χ4v) is 1.85. The number of anilines is 1. The van der Waals surface area contributed by atoms with Crippen molar-refractivity contribution in [3.05, 3.63) is 23.3 Å². The van der Waals surface area contributed by atoms with Gasteiger partial charge in [-0.25, -0.2) is 4.79 Å². The molecular formula is C14H18N2O2. The van der Waals surface area contributed by atoms with Crippen molar-refractivity contribution in [2.75, 3.05) is 25.5 Å². The molecule has 4 heteroatoms. The lowest BCUT2D eigenvalue weighted by atomic mass is 10.1.